The second kappa shape index (κ2) is 6.99. The molecular weight excluding hydrogens is 358 g/mol. The van der Waals surface area contributed by atoms with Crippen LogP contribution in [0.2, 0.25) is 0 Å². The summed E-state index contributed by atoms with van der Waals surface area (Å²) in [6, 6.07) is 8.70. The molecule has 0 unspecified atom stereocenters. The highest BCUT2D eigenvalue weighted by Gasteiger charge is 2.13. The maximum Gasteiger partial charge on any atom is 0.336 e. The molecule has 0 saturated carbocycles. The summed E-state index contributed by atoms with van der Waals surface area (Å²) < 4.78 is 18.5. The molecule has 0 fully saturated rings. The summed E-state index contributed by atoms with van der Waals surface area (Å²) >= 11 is 0. The third kappa shape index (κ3) is 3.19. The molecule has 3 heterocycles. The Labute approximate surface area is 161 Å². The van der Waals surface area contributed by atoms with Gasteiger partial charge in [-0.25, -0.2) is 4.79 Å². The molecular formula is C21H21N3O4. The van der Waals surface area contributed by atoms with Gasteiger partial charge in [0.1, 0.15) is 17.9 Å². The molecule has 0 saturated heterocycles. The average molecular weight is 379 g/mol. The maximum atomic E-state index is 11.9. The van der Waals surface area contributed by atoms with Gasteiger partial charge in [0.05, 0.1) is 12.3 Å². The largest absolute Gasteiger partial charge is 0.494 e. The van der Waals surface area contributed by atoms with Gasteiger partial charge in [0.2, 0.25) is 5.88 Å². The van der Waals surface area contributed by atoms with Crippen molar-refractivity contribution in [2.24, 2.45) is 7.05 Å². The van der Waals surface area contributed by atoms with Gasteiger partial charge in [0, 0.05) is 35.5 Å². The molecule has 0 amide bonds. The van der Waals surface area contributed by atoms with Crippen molar-refractivity contribution in [2.75, 3.05) is 6.61 Å². The smallest absolute Gasteiger partial charge is 0.336 e. The number of rotatable bonds is 5. The van der Waals surface area contributed by atoms with Gasteiger partial charge in [-0.15, -0.1) is 0 Å². The first-order valence-electron chi connectivity index (χ1n) is 9.09. The van der Waals surface area contributed by atoms with Crippen molar-refractivity contribution in [3.63, 3.8) is 0 Å². The summed E-state index contributed by atoms with van der Waals surface area (Å²) in [7, 11) is 1.86. The van der Waals surface area contributed by atoms with Gasteiger partial charge in [0.25, 0.3) is 0 Å². The van der Waals surface area contributed by atoms with E-state index >= 15 is 0 Å². The van der Waals surface area contributed by atoms with Crippen LogP contribution in [0.5, 0.6) is 11.6 Å². The van der Waals surface area contributed by atoms with Gasteiger partial charge in [0.15, 0.2) is 5.65 Å². The fourth-order valence-electron chi connectivity index (χ4n) is 3.44. The minimum atomic E-state index is -0.419. The number of nitrogens with zero attached hydrogens (tertiary/aromatic N) is 3. The first kappa shape index (κ1) is 18.0. The van der Waals surface area contributed by atoms with E-state index in [1.165, 1.54) is 6.07 Å². The Balaban J connectivity index is 1.70. The van der Waals surface area contributed by atoms with Crippen molar-refractivity contribution >= 4 is 22.0 Å². The Bertz CT molecular complexity index is 1240. The van der Waals surface area contributed by atoms with Crippen LogP contribution in [-0.2, 0) is 13.7 Å². The van der Waals surface area contributed by atoms with Gasteiger partial charge >= 0.3 is 5.63 Å². The summed E-state index contributed by atoms with van der Waals surface area (Å²) in [4.78, 5) is 16.5. The fraction of sp³-hybridized carbons (Fsp3) is 0.286. The molecule has 144 valence electrons. The topological polar surface area (TPSA) is 79.4 Å². The first-order chi connectivity index (χ1) is 13.5. The zero-order chi connectivity index (χ0) is 19.8. The van der Waals surface area contributed by atoms with Gasteiger partial charge in [-0.3, -0.25) is 4.68 Å². The first-order valence-corrected chi connectivity index (χ1v) is 9.09. The third-order valence-electron chi connectivity index (χ3n) is 4.63. The lowest BCUT2D eigenvalue weighted by molar-refractivity contribution is 0.295. The molecule has 28 heavy (non-hydrogen) atoms. The molecule has 0 bridgehead atoms. The van der Waals surface area contributed by atoms with Gasteiger partial charge < -0.3 is 13.9 Å². The minimum absolute atomic E-state index is 0.187. The van der Waals surface area contributed by atoms with E-state index < -0.39 is 5.63 Å². The summed E-state index contributed by atoms with van der Waals surface area (Å²) in [5, 5.41) is 6.23. The zero-order valence-corrected chi connectivity index (χ0v) is 16.3. The van der Waals surface area contributed by atoms with Crippen LogP contribution in [0.1, 0.15) is 23.7 Å². The molecule has 7 nitrogen and oxygen atoms in total. The maximum absolute atomic E-state index is 11.9. The average Bonchev–Trinajstić information content (AvgIpc) is 2.94. The molecule has 3 aromatic heterocycles. The molecule has 0 atom stereocenters. The van der Waals surface area contributed by atoms with Crippen molar-refractivity contribution in [1.82, 2.24) is 14.8 Å². The highest BCUT2D eigenvalue weighted by Crippen LogP contribution is 2.26. The second-order valence-electron chi connectivity index (χ2n) is 6.66. The van der Waals surface area contributed by atoms with Crippen molar-refractivity contribution in [1.29, 1.82) is 0 Å². The molecule has 0 spiro atoms. The molecule has 0 aliphatic rings. The van der Waals surface area contributed by atoms with Crippen LogP contribution in [-0.4, -0.2) is 21.4 Å². The quantitative estimate of drug-likeness (QED) is 0.492. The van der Waals surface area contributed by atoms with Crippen LogP contribution in [0, 0.1) is 13.8 Å². The van der Waals surface area contributed by atoms with Gasteiger partial charge in [-0.05, 0) is 44.5 Å². The number of hydrogen-bond donors (Lipinski definition) is 0. The van der Waals surface area contributed by atoms with E-state index in [9.17, 15) is 4.79 Å². The van der Waals surface area contributed by atoms with E-state index in [1.54, 1.807) is 16.8 Å². The minimum Gasteiger partial charge on any atom is -0.494 e. The van der Waals surface area contributed by atoms with Gasteiger partial charge in [-0.2, -0.15) is 10.1 Å². The summed E-state index contributed by atoms with van der Waals surface area (Å²) in [6.07, 6.45) is 0. The lowest BCUT2D eigenvalue weighted by Gasteiger charge is -2.10. The predicted octanol–water partition coefficient (Wildman–Crippen LogP) is 3.67. The molecule has 0 aliphatic carbocycles. The summed E-state index contributed by atoms with van der Waals surface area (Å²) in [5.74, 6) is 1.20. The molecule has 0 radical (unpaired) electrons. The standard InChI is InChI=1S/C21H21N3O4/c1-5-26-15-6-7-17-16(10-15)14(9-19(25)28-17)11-27-18-8-12(2)20-13(3)23-24(4)21(20)22-18/h6-10H,5,11H2,1-4H3. The normalized spacial score (nSPS) is 11.3. The Morgan fingerprint density at radius 1 is 1.14 bits per heavy atom. The lowest BCUT2D eigenvalue weighted by Crippen LogP contribution is -2.05. The Kier molecular flexibility index (Phi) is 4.50. The molecule has 7 heteroatoms. The predicted molar refractivity (Wildman–Crippen MR) is 106 cm³/mol. The van der Waals surface area contributed by atoms with E-state index in [0.29, 0.717) is 29.4 Å². The molecule has 4 aromatic rings. The highest BCUT2D eigenvalue weighted by atomic mass is 16.5. The molecule has 0 N–H and O–H groups in total. The number of aromatic nitrogens is 3. The Morgan fingerprint density at radius 3 is 2.75 bits per heavy atom. The van der Waals surface area contributed by atoms with Crippen LogP contribution >= 0.6 is 0 Å². The van der Waals surface area contributed by atoms with E-state index in [4.69, 9.17) is 13.9 Å². The number of benzene rings is 1. The van der Waals surface area contributed by atoms with Crippen molar-refractivity contribution in [3.05, 3.63) is 57.6 Å². The van der Waals surface area contributed by atoms with Crippen LogP contribution in [0.25, 0.3) is 22.0 Å². The number of hydrogen-bond acceptors (Lipinski definition) is 6. The molecule has 1 aromatic carbocycles. The number of ether oxygens (including phenoxy) is 2. The van der Waals surface area contributed by atoms with E-state index in [2.05, 4.69) is 10.1 Å². The number of pyridine rings is 1. The number of fused-ring (bicyclic) bond motifs is 2. The summed E-state index contributed by atoms with van der Waals surface area (Å²) in [6.45, 7) is 6.63. The monoisotopic (exact) mass is 379 g/mol. The van der Waals surface area contributed by atoms with Crippen LogP contribution in [0.3, 0.4) is 0 Å². The van der Waals surface area contributed by atoms with Crippen LogP contribution in [0.15, 0.2) is 39.5 Å². The lowest BCUT2D eigenvalue weighted by atomic mass is 10.1. The molecule has 0 aliphatic heterocycles. The van der Waals surface area contributed by atoms with Gasteiger partial charge in [-0.1, -0.05) is 0 Å². The Morgan fingerprint density at radius 2 is 1.96 bits per heavy atom. The third-order valence-corrected chi connectivity index (χ3v) is 4.63. The van der Waals surface area contributed by atoms with Crippen molar-refractivity contribution < 1.29 is 13.9 Å². The van der Waals surface area contributed by atoms with E-state index in [0.717, 1.165) is 27.7 Å². The highest BCUT2D eigenvalue weighted by molar-refractivity contribution is 5.83. The van der Waals surface area contributed by atoms with Crippen LogP contribution in [0.4, 0.5) is 0 Å². The summed E-state index contributed by atoms with van der Waals surface area (Å²) in [5.41, 5.74) is 3.54. The van der Waals surface area contributed by atoms with E-state index in [-0.39, 0.29) is 6.61 Å². The zero-order valence-electron chi connectivity index (χ0n) is 16.3. The van der Waals surface area contributed by atoms with Crippen LogP contribution < -0.4 is 15.1 Å². The van der Waals surface area contributed by atoms with Crippen molar-refractivity contribution in [3.8, 4) is 11.6 Å². The second-order valence-corrected chi connectivity index (χ2v) is 6.66. The Hall–Kier alpha value is -3.35. The SMILES string of the molecule is CCOc1ccc2oc(=O)cc(COc3cc(C)c4c(C)nn(C)c4n3)c2c1. The van der Waals surface area contributed by atoms with E-state index in [1.807, 2.05) is 40.0 Å². The fourth-order valence-corrected chi connectivity index (χ4v) is 3.44. The molecule has 4 rings (SSSR count). The number of aryl methyl sites for hydroxylation is 3. The van der Waals surface area contributed by atoms with Crippen molar-refractivity contribution in [2.45, 2.75) is 27.4 Å².